The van der Waals surface area contributed by atoms with E-state index in [-0.39, 0.29) is 23.6 Å². The van der Waals surface area contributed by atoms with E-state index in [9.17, 15) is 14.4 Å². The highest BCUT2D eigenvalue weighted by Crippen LogP contribution is 2.27. The van der Waals surface area contributed by atoms with Crippen molar-refractivity contribution in [2.45, 2.75) is 38.9 Å². The monoisotopic (exact) mass is 523 g/mol. The van der Waals surface area contributed by atoms with Crippen molar-refractivity contribution in [1.29, 1.82) is 0 Å². The van der Waals surface area contributed by atoms with E-state index < -0.39 is 0 Å². The van der Waals surface area contributed by atoms with Crippen molar-refractivity contribution in [3.8, 4) is 11.1 Å². The Labute approximate surface area is 220 Å². The highest BCUT2D eigenvalue weighted by Gasteiger charge is 2.38. The van der Waals surface area contributed by atoms with Gasteiger partial charge in [-0.15, -0.1) is 11.3 Å². The van der Waals surface area contributed by atoms with E-state index in [0.717, 1.165) is 34.3 Å². The number of hydrogen-bond donors (Lipinski definition) is 1. The summed E-state index contributed by atoms with van der Waals surface area (Å²) in [7, 11) is 0. The van der Waals surface area contributed by atoms with Crippen LogP contribution < -0.4 is 5.56 Å². The Hall–Kier alpha value is -3.00. The van der Waals surface area contributed by atoms with Crippen LogP contribution in [0, 0.1) is 5.92 Å². The minimum absolute atomic E-state index is 0.0815. The molecule has 36 heavy (non-hydrogen) atoms. The van der Waals surface area contributed by atoms with Crippen LogP contribution in [0.4, 0.5) is 0 Å². The van der Waals surface area contributed by atoms with Crippen LogP contribution in [0.15, 0.2) is 65.6 Å². The fourth-order valence-corrected chi connectivity index (χ4v) is 5.62. The summed E-state index contributed by atoms with van der Waals surface area (Å²) < 4.78 is 0.682. The number of rotatable bonds is 8. The van der Waals surface area contributed by atoms with Crippen LogP contribution >= 0.6 is 22.9 Å². The third kappa shape index (κ3) is 6.40. The standard InChI is InChI=1S/C28H30ClN3O3S/c1-19(2)15-24-25(18-33)31(13-14-32(24)28(35)12-9-23-8-10-26(29)36-23)17-20-3-5-21(6-4-20)22-7-11-27(34)30-16-22/h3-12,16,18-19,24-25H,13-15,17H2,1-2H3,(H,30,34)/t24-,25?/m0/s1. The van der Waals surface area contributed by atoms with E-state index in [0.29, 0.717) is 29.9 Å². The van der Waals surface area contributed by atoms with Gasteiger partial charge in [0.1, 0.15) is 6.29 Å². The Morgan fingerprint density at radius 2 is 1.86 bits per heavy atom. The first-order chi connectivity index (χ1) is 17.3. The van der Waals surface area contributed by atoms with Crippen LogP contribution in [0.25, 0.3) is 17.2 Å². The number of halogens is 1. The molecule has 1 aliphatic rings. The number of aromatic nitrogens is 1. The number of H-pyrrole nitrogens is 1. The highest BCUT2D eigenvalue weighted by atomic mass is 35.5. The number of aromatic amines is 1. The molecule has 2 aromatic heterocycles. The molecule has 1 N–H and O–H groups in total. The summed E-state index contributed by atoms with van der Waals surface area (Å²) in [6.07, 6.45) is 6.81. The van der Waals surface area contributed by atoms with E-state index in [1.807, 2.05) is 41.3 Å². The first kappa shape index (κ1) is 26.1. The van der Waals surface area contributed by atoms with E-state index in [2.05, 4.69) is 23.7 Å². The molecule has 0 radical (unpaired) electrons. The van der Waals surface area contributed by atoms with Crippen molar-refractivity contribution in [3.05, 3.63) is 85.9 Å². The highest BCUT2D eigenvalue weighted by molar-refractivity contribution is 7.17. The molecule has 0 spiro atoms. The summed E-state index contributed by atoms with van der Waals surface area (Å²) in [6.45, 7) is 6.02. The molecule has 1 amide bonds. The van der Waals surface area contributed by atoms with Crippen molar-refractivity contribution in [1.82, 2.24) is 14.8 Å². The zero-order chi connectivity index (χ0) is 25.7. The van der Waals surface area contributed by atoms with Gasteiger partial charge < -0.3 is 14.7 Å². The van der Waals surface area contributed by atoms with Crippen LogP contribution in [0.3, 0.4) is 0 Å². The average molecular weight is 524 g/mol. The molecule has 1 fully saturated rings. The van der Waals surface area contributed by atoms with E-state index in [1.165, 1.54) is 17.4 Å². The van der Waals surface area contributed by atoms with Gasteiger partial charge in [0.25, 0.3) is 0 Å². The Bertz CT molecular complexity index is 1260. The molecule has 0 saturated carbocycles. The molecule has 188 valence electrons. The number of piperazine rings is 1. The van der Waals surface area contributed by atoms with E-state index in [1.54, 1.807) is 24.4 Å². The van der Waals surface area contributed by atoms with Gasteiger partial charge in [-0.25, -0.2) is 0 Å². The molecule has 1 saturated heterocycles. The van der Waals surface area contributed by atoms with Crippen molar-refractivity contribution in [3.63, 3.8) is 0 Å². The molecule has 6 nitrogen and oxygen atoms in total. The number of thiophene rings is 1. The van der Waals surface area contributed by atoms with Crippen LogP contribution in [0.1, 0.15) is 30.7 Å². The fraction of sp³-hybridized carbons (Fsp3) is 0.321. The zero-order valence-corrected chi connectivity index (χ0v) is 22.0. The Morgan fingerprint density at radius 3 is 2.47 bits per heavy atom. The summed E-state index contributed by atoms with van der Waals surface area (Å²) in [5, 5.41) is 0. The molecule has 0 aliphatic carbocycles. The van der Waals surface area contributed by atoms with Crippen LogP contribution in [-0.2, 0) is 16.1 Å². The molecule has 0 bridgehead atoms. The molecule has 4 rings (SSSR count). The third-order valence-corrected chi connectivity index (χ3v) is 7.62. The lowest BCUT2D eigenvalue weighted by molar-refractivity contribution is -0.136. The van der Waals surface area contributed by atoms with E-state index in [4.69, 9.17) is 11.6 Å². The number of benzene rings is 1. The second-order valence-electron chi connectivity index (χ2n) is 9.44. The Morgan fingerprint density at radius 1 is 1.11 bits per heavy atom. The summed E-state index contributed by atoms with van der Waals surface area (Å²) in [6, 6.07) is 14.6. The summed E-state index contributed by atoms with van der Waals surface area (Å²) in [5.41, 5.74) is 2.91. The average Bonchev–Trinajstić information content (AvgIpc) is 3.28. The molecule has 1 aliphatic heterocycles. The quantitative estimate of drug-likeness (QED) is 0.329. The number of hydrogen-bond acceptors (Lipinski definition) is 5. The smallest absolute Gasteiger partial charge is 0.247 e. The second-order valence-corrected chi connectivity index (χ2v) is 11.2. The molecule has 1 unspecified atom stereocenters. The predicted molar refractivity (Wildman–Crippen MR) is 146 cm³/mol. The SMILES string of the molecule is CC(C)C[C@H]1C(C=O)N(Cc2ccc(-c3ccc(=O)[nH]c3)cc2)CCN1C(=O)C=Cc1ccc(Cl)s1. The van der Waals surface area contributed by atoms with Crippen molar-refractivity contribution < 1.29 is 9.59 Å². The van der Waals surface area contributed by atoms with Gasteiger partial charge >= 0.3 is 0 Å². The lowest BCUT2D eigenvalue weighted by Crippen LogP contribution is -2.61. The van der Waals surface area contributed by atoms with E-state index >= 15 is 0 Å². The number of carbonyl (C=O) groups is 2. The zero-order valence-electron chi connectivity index (χ0n) is 20.4. The number of aldehydes is 1. The van der Waals surface area contributed by atoms with Gasteiger partial charge in [-0.05, 0) is 53.3 Å². The van der Waals surface area contributed by atoms with Gasteiger partial charge in [0.15, 0.2) is 0 Å². The van der Waals surface area contributed by atoms with Crippen molar-refractivity contribution >= 4 is 41.2 Å². The number of amides is 1. The summed E-state index contributed by atoms with van der Waals surface area (Å²) in [4.78, 5) is 44.4. The lowest BCUT2D eigenvalue weighted by Gasteiger charge is -2.46. The summed E-state index contributed by atoms with van der Waals surface area (Å²) >= 11 is 7.43. The number of nitrogens with zero attached hydrogens (tertiary/aromatic N) is 2. The molecule has 3 aromatic rings. The maximum Gasteiger partial charge on any atom is 0.247 e. The van der Waals surface area contributed by atoms with Crippen molar-refractivity contribution in [2.75, 3.05) is 13.1 Å². The van der Waals surface area contributed by atoms with Gasteiger partial charge in [-0.3, -0.25) is 14.5 Å². The normalized spacial score (nSPS) is 18.7. The van der Waals surface area contributed by atoms with Crippen LogP contribution in [0.5, 0.6) is 0 Å². The van der Waals surface area contributed by atoms with Crippen LogP contribution in [0.2, 0.25) is 4.34 Å². The number of pyridine rings is 1. The van der Waals surface area contributed by atoms with Gasteiger partial charge in [0, 0.05) is 42.9 Å². The predicted octanol–water partition coefficient (Wildman–Crippen LogP) is 5.10. The van der Waals surface area contributed by atoms with Gasteiger partial charge in [-0.1, -0.05) is 49.7 Å². The molecule has 1 aromatic carbocycles. The Kier molecular flexibility index (Phi) is 8.56. The second kappa shape index (κ2) is 11.8. The summed E-state index contributed by atoms with van der Waals surface area (Å²) in [5.74, 6) is 0.256. The van der Waals surface area contributed by atoms with Gasteiger partial charge in [0.05, 0.1) is 16.4 Å². The first-order valence-corrected chi connectivity index (χ1v) is 13.2. The maximum atomic E-state index is 13.1. The molecule has 8 heteroatoms. The molecular formula is C28H30ClN3O3S. The lowest BCUT2D eigenvalue weighted by atomic mass is 9.92. The largest absolute Gasteiger partial charge is 0.333 e. The Balaban J connectivity index is 1.48. The van der Waals surface area contributed by atoms with Gasteiger partial charge in [0.2, 0.25) is 11.5 Å². The van der Waals surface area contributed by atoms with Crippen molar-refractivity contribution in [2.24, 2.45) is 5.92 Å². The van der Waals surface area contributed by atoms with Gasteiger partial charge in [-0.2, -0.15) is 0 Å². The maximum absolute atomic E-state index is 13.1. The minimum atomic E-state index is -0.381. The molecular weight excluding hydrogens is 494 g/mol. The molecule has 3 heterocycles. The number of carbonyl (C=O) groups excluding carboxylic acids is 2. The van der Waals surface area contributed by atoms with Crippen LogP contribution in [-0.4, -0.2) is 52.2 Å². The topological polar surface area (TPSA) is 73.5 Å². The fourth-order valence-electron chi connectivity index (χ4n) is 4.66. The first-order valence-electron chi connectivity index (χ1n) is 12.1. The third-order valence-electron chi connectivity index (χ3n) is 6.42. The molecule has 2 atom stereocenters. The number of nitrogens with one attached hydrogen (secondary N) is 1. The minimum Gasteiger partial charge on any atom is -0.333 e.